The van der Waals surface area contributed by atoms with E-state index in [1.54, 1.807) is 4.90 Å². The molecule has 2 heterocycles. The summed E-state index contributed by atoms with van der Waals surface area (Å²) in [6.45, 7) is 8.02. The number of carbonyl (C=O) groups excluding carboxylic acids is 1. The van der Waals surface area contributed by atoms with E-state index in [0.717, 1.165) is 44.2 Å². The molecule has 0 fully saturated rings. The van der Waals surface area contributed by atoms with Crippen LogP contribution in [0.5, 0.6) is 0 Å². The van der Waals surface area contributed by atoms with E-state index in [-0.39, 0.29) is 11.9 Å². The fourth-order valence-corrected chi connectivity index (χ4v) is 4.42. The molecule has 3 rings (SSSR count). The first-order chi connectivity index (χ1) is 12.3. The van der Waals surface area contributed by atoms with Crippen molar-refractivity contribution in [3.63, 3.8) is 0 Å². The Morgan fingerprint density at radius 1 is 1.23 bits per heavy atom. The Kier molecular flexibility index (Phi) is 5.30. The number of benzene rings is 1. The number of nitrogens with zero attached hydrogens (tertiary/aromatic N) is 3. The maximum Gasteiger partial charge on any atom is 0.264 e. The lowest BCUT2D eigenvalue weighted by Gasteiger charge is -2.25. The fourth-order valence-electron chi connectivity index (χ4n) is 3.06. The molecular weight excluding hydrogens is 366 g/mol. The highest BCUT2D eigenvalue weighted by Crippen LogP contribution is 2.33. The molecule has 0 N–H and O–H groups in total. The predicted octanol–water partition coefficient (Wildman–Crippen LogP) is 5.36. The molecule has 0 bridgehead atoms. The van der Waals surface area contributed by atoms with Crippen molar-refractivity contribution in [3.05, 3.63) is 56.8 Å². The van der Waals surface area contributed by atoms with Crippen LogP contribution in [-0.2, 0) is 6.42 Å². The van der Waals surface area contributed by atoms with Crippen molar-refractivity contribution in [1.82, 2.24) is 14.9 Å². The van der Waals surface area contributed by atoms with Crippen LogP contribution in [0.2, 0.25) is 5.02 Å². The van der Waals surface area contributed by atoms with Crippen molar-refractivity contribution in [2.75, 3.05) is 7.05 Å². The number of hydrogen-bond acceptors (Lipinski definition) is 4. The Balaban J connectivity index is 1.97. The largest absolute Gasteiger partial charge is 0.334 e. The van der Waals surface area contributed by atoms with E-state index in [2.05, 4.69) is 9.97 Å². The van der Waals surface area contributed by atoms with Gasteiger partial charge in [0.05, 0.1) is 10.9 Å². The van der Waals surface area contributed by atoms with Crippen LogP contribution in [0, 0.1) is 13.8 Å². The first-order valence-electron chi connectivity index (χ1n) is 8.62. The smallest absolute Gasteiger partial charge is 0.264 e. The third kappa shape index (κ3) is 3.33. The molecule has 26 heavy (non-hydrogen) atoms. The lowest BCUT2D eigenvalue weighted by atomic mass is 10.1. The molecule has 1 unspecified atom stereocenters. The van der Waals surface area contributed by atoms with E-state index in [1.165, 1.54) is 11.3 Å². The van der Waals surface area contributed by atoms with Crippen molar-refractivity contribution in [3.8, 4) is 0 Å². The zero-order chi connectivity index (χ0) is 19.0. The van der Waals surface area contributed by atoms with Gasteiger partial charge in [-0.25, -0.2) is 9.97 Å². The molecule has 1 aromatic carbocycles. The molecule has 1 amide bonds. The normalized spacial score (nSPS) is 12.4. The van der Waals surface area contributed by atoms with Gasteiger partial charge in [-0.1, -0.05) is 30.7 Å². The number of aromatic nitrogens is 2. The van der Waals surface area contributed by atoms with E-state index < -0.39 is 0 Å². The lowest BCUT2D eigenvalue weighted by molar-refractivity contribution is 0.0747. The first kappa shape index (κ1) is 18.8. The second-order valence-electron chi connectivity index (χ2n) is 6.46. The Bertz CT molecular complexity index is 965. The maximum atomic E-state index is 13.1. The summed E-state index contributed by atoms with van der Waals surface area (Å²) in [5, 5.41) is 1.69. The van der Waals surface area contributed by atoms with Crippen LogP contribution in [0.25, 0.3) is 10.2 Å². The Labute approximate surface area is 162 Å². The van der Waals surface area contributed by atoms with Gasteiger partial charge < -0.3 is 4.90 Å². The molecule has 2 aromatic heterocycles. The van der Waals surface area contributed by atoms with Crippen LogP contribution < -0.4 is 0 Å². The molecule has 0 aliphatic carbocycles. The Hall–Kier alpha value is -1.98. The zero-order valence-electron chi connectivity index (χ0n) is 15.6. The molecular formula is C20H22ClN3OS. The average Bonchev–Trinajstić information content (AvgIpc) is 2.97. The van der Waals surface area contributed by atoms with Gasteiger partial charge >= 0.3 is 0 Å². The highest BCUT2D eigenvalue weighted by molar-refractivity contribution is 7.20. The third-order valence-corrected chi connectivity index (χ3v) is 6.21. The number of halogens is 1. The van der Waals surface area contributed by atoms with Gasteiger partial charge in [0.2, 0.25) is 0 Å². The summed E-state index contributed by atoms with van der Waals surface area (Å²) in [5.41, 5.74) is 2.95. The van der Waals surface area contributed by atoms with E-state index >= 15 is 0 Å². The molecule has 0 saturated heterocycles. The van der Waals surface area contributed by atoms with Gasteiger partial charge in [-0.2, -0.15) is 0 Å². The summed E-state index contributed by atoms with van der Waals surface area (Å²) in [7, 11) is 1.83. The van der Waals surface area contributed by atoms with Gasteiger partial charge in [0.15, 0.2) is 0 Å². The number of aryl methyl sites for hydroxylation is 3. The molecule has 136 valence electrons. The van der Waals surface area contributed by atoms with Crippen LogP contribution >= 0.6 is 22.9 Å². The van der Waals surface area contributed by atoms with Crippen molar-refractivity contribution in [2.24, 2.45) is 0 Å². The minimum Gasteiger partial charge on any atom is -0.334 e. The third-order valence-electron chi connectivity index (χ3n) is 4.78. The predicted molar refractivity (Wildman–Crippen MR) is 108 cm³/mol. The van der Waals surface area contributed by atoms with Gasteiger partial charge in [0.1, 0.15) is 10.7 Å². The van der Waals surface area contributed by atoms with Gasteiger partial charge in [-0.15, -0.1) is 11.3 Å². The highest BCUT2D eigenvalue weighted by atomic mass is 35.5. The summed E-state index contributed by atoms with van der Waals surface area (Å²) in [6, 6.07) is 7.56. The topological polar surface area (TPSA) is 46.1 Å². The van der Waals surface area contributed by atoms with E-state index in [0.29, 0.717) is 5.02 Å². The second-order valence-corrected chi connectivity index (χ2v) is 7.89. The van der Waals surface area contributed by atoms with Gasteiger partial charge in [-0.05, 0) is 44.0 Å². The summed E-state index contributed by atoms with van der Waals surface area (Å²) in [6.07, 6.45) is 0.782. The van der Waals surface area contributed by atoms with Crippen LogP contribution in [0.4, 0.5) is 0 Å². The molecule has 3 aromatic rings. The molecule has 0 radical (unpaired) electrons. The van der Waals surface area contributed by atoms with Crippen LogP contribution in [0.15, 0.2) is 24.3 Å². The van der Waals surface area contributed by atoms with Crippen molar-refractivity contribution in [1.29, 1.82) is 0 Å². The standard InChI is InChI=1S/C20H22ClN3OS/c1-6-16-22-12(3)17-11(2)18(26-19(17)23-16)20(25)24(5)13(4)14-7-9-15(21)10-8-14/h7-10,13H,6H2,1-5H3. The molecule has 0 spiro atoms. The van der Waals surface area contributed by atoms with Crippen molar-refractivity contribution in [2.45, 2.75) is 40.2 Å². The maximum absolute atomic E-state index is 13.1. The van der Waals surface area contributed by atoms with Crippen LogP contribution in [0.1, 0.15) is 52.2 Å². The van der Waals surface area contributed by atoms with E-state index in [9.17, 15) is 4.79 Å². The Morgan fingerprint density at radius 3 is 2.50 bits per heavy atom. The number of amides is 1. The van der Waals surface area contributed by atoms with Crippen molar-refractivity contribution >= 4 is 39.1 Å². The van der Waals surface area contributed by atoms with Gasteiger partial charge in [0, 0.05) is 29.6 Å². The minimum atomic E-state index is -0.0530. The first-order valence-corrected chi connectivity index (χ1v) is 9.82. The number of rotatable bonds is 4. The van der Waals surface area contributed by atoms with Gasteiger partial charge in [-0.3, -0.25) is 4.79 Å². The summed E-state index contributed by atoms with van der Waals surface area (Å²) in [4.78, 5) is 25.7. The fraction of sp³-hybridized carbons (Fsp3) is 0.350. The van der Waals surface area contributed by atoms with Gasteiger partial charge in [0.25, 0.3) is 5.91 Å². The van der Waals surface area contributed by atoms with Crippen LogP contribution in [-0.4, -0.2) is 27.8 Å². The summed E-state index contributed by atoms with van der Waals surface area (Å²) >= 11 is 7.42. The quantitative estimate of drug-likeness (QED) is 0.605. The molecule has 0 saturated carbocycles. The number of fused-ring (bicyclic) bond motifs is 1. The van der Waals surface area contributed by atoms with E-state index in [4.69, 9.17) is 11.6 Å². The summed E-state index contributed by atoms with van der Waals surface area (Å²) in [5.74, 6) is 0.823. The molecule has 1 atom stereocenters. The minimum absolute atomic E-state index is 0.00500. The number of thiophene rings is 1. The molecule has 4 nitrogen and oxygen atoms in total. The molecule has 0 aliphatic rings. The van der Waals surface area contributed by atoms with Crippen LogP contribution in [0.3, 0.4) is 0 Å². The average molecular weight is 388 g/mol. The number of hydrogen-bond donors (Lipinski definition) is 0. The van der Waals surface area contributed by atoms with E-state index in [1.807, 2.05) is 59.0 Å². The van der Waals surface area contributed by atoms with Crippen molar-refractivity contribution < 1.29 is 4.79 Å². The SMILES string of the molecule is CCc1nc(C)c2c(C)c(C(=O)N(C)C(C)c3ccc(Cl)cc3)sc2n1. The molecule has 6 heteroatoms. The zero-order valence-corrected chi connectivity index (χ0v) is 17.2. The summed E-state index contributed by atoms with van der Waals surface area (Å²) < 4.78 is 0. The Morgan fingerprint density at radius 2 is 1.88 bits per heavy atom. The second kappa shape index (κ2) is 7.33. The monoisotopic (exact) mass is 387 g/mol. The lowest BCUT2D eigenvalue weighted by Crippen LogP contribution is -2.29. The highest BCUT2D eigenvalue weighted by Gasteiger charge is 2.24. The number of carbonyl (C=O) groups is 1. The molecule has 0 aliphatic heterocycles.